The van der Waals surface area contributed by atoms with Crippen molar-refractivity contribution in [2.24, 2.45) is 0 Å². The lowest BCUT2D eigenvalue weighted by molar-refractivity contribution is 0.0925. The van der Waals surface area contributed by atoms with Crippen LogP contribution >= 0.6 is 0 Å². The molecule has 0 saturated heterocycles. The van der Waals surface area contributed by atoms with Crippen LogP contribution in [0.1, 0.15) is 27.4 Å². The van der Waals surface area contributed by atoms with Crippen molar-refractivity contribution in [2.75, 3.05) is 6.54 Å². The first-order chi connectivity index (χ1) is 13.0. The van der Waals surface area contributed by atoms with Gasteiger partial charge in [-0.05, 0) is 42.7 Å². The predicted octanol–water partition coefficient (Wildman–Crippen LogP) is 3.53. The van der Waals surface area contributed by atoms with Crippen molar-refractivity contribution in [3.05, 3.63) is 89.4 Å². The van der Waals surface area contributed by atoms with Crippen LogP contribution < -0.4 is 5.32 Å². The summed E-state index contributed by atoms with van der Waals surface area (Å²) in [5.74, 6) is -0.287. The molecule has 6 heteroatoms. The Bertz CT molecular complexity index is 1020. The van der Waals surface area contributed by atoms with E-state index in [0.717, 1.165) is 5.56 Å². The van der Waals surface area contributed by atoms with E-state index in [9.17, 15) is 13.2 Å². The van der Waals surface area contributed by atoms with E-state index >= 15 is 0 Å². The molecule has 5 nitrogen and oxygen atoms in total. The smallest absolute Gasteiger partial charge is 0.287 e. The van der Waals surface area contributed by atoms with E-state index in [4.69, 9.17) is 4.42 Å². The van der Waals surface area contributed by atoms with Gasteiger partial charge in [0.25, 0.3) is 5.91 Å². The summed E-state index contributed by atoms with van der Waals surface area (Å²) in [7, 11) is -3.53. The molecule has 0 radical (unpaired) electrons. The molecule has 0 fully saturated rings. The molecule has 1 N–H and O–H groups in total. The summed E-state index contributed by atoms with van der Waals surface area (Å²) in [5.41, 5.74) is 1.81. The number of carbonyl (C=O) groups excluding carboxylic acids is 1. The minimum absolute atomic E-state index is 0.109. The monoisotopic (exact) mass is 383 g/mol. The summed E-state index contributed by atoms with van der Waals surface area (Å²) >= 11 is 0. The molecule has 27 heavy (non-hydrogen) atoms. The molecular formula is C21H21NO4S. The van der Waals surface area contributed by atoms with Crippen molar-refractivity contribution in [1.29, 1.82) is 0 Å². The van der Waals surface area contributed by atoms with Gasteiger partial charge in [0.15, 0.2) is 15.6 Å². The van der Waals surface area contributed by atoms with Crippen LogP contribution in [-0.4, -0.2) is 20.9 Å². The third-order valence-corrected chi connectivity index (χ3v) is 5.98. The van der Waals surface area contributed by atoms with Crippen LogP contribution in [0.25, 0.3) is 0 Å². The van der Waals surface area contributed by atoms with Crippen molar-refractivity contribution in [2.45, 2.75) is 24.0 Å². The van der Waals surface area contributed by atoms with E-state index < -0.39 is 9.84 Å². The Morgan fingerprint density at radius 2 is 1.67 bits per heavy atom. The lowest BCUT2D eigenvalue weighted by atomic mass is 10.1. The maximum atomic E-state index is 12.6. The number of nitrogens with one attached hydrogen (secondary N) is 1. The highest BCUT2D eigenvalue weighted by molar-refractivity contribution is 7.90. The minimum Gasteiger partial charge on any atom is -0.455 e. The van der Waals surface area contributed by atoms with Gasteiger partial charge in [-0.2, -0.15) is 0 Å². The molecule has 140 valence electrons. The molecule has 1 heterocycles. The Morgan fingerprint density at radius 1 is 0.963 bits per heavy atom. The van der Waals surface area contributed by atoms with Gasteiger partial charge < -0.3 is 9.73 Å². The second-order valence-electron chi connectivity index (χ2n) is 6.28. The molecule has 2 aromatic carbocycles. The first kappa shape index (κ1) is 18.9. The molecular weight excluding hydrogens is 362 g/mol. The number of benzene rings is 2. The van der Waals surface area contributed by atoms with Gasteiger partial charge in [-0.1, -0.05) is 48.5 Å². The number of aryl methyl sites for hydroxylation is 1. The van der Waals surface area contributed by atoms with Gasteiger partial charge in [0.2, 0.25) is 0 Å². The fourth-order valence-corrected chi connectivity index (χ4v) is 4.33. The number of sulfone groups is 1. The standard InChI is InChI=1S/C21H21NO4S/c1-16-7-5-6-10-20(16)27(24,25)15-18-11-12-19(26-18)21(23)22-14-13-17-8-3-2-4-9-17/h2-12H,13-15H2,1H3,(H,22,23). The van der Waals surface area contributed by atoms with E-state index in [2.05, 4.69) is 5.32 Å². The van der Waals surface area contributed by atoms with Gasteiger partial charge in [0.1, 0.15) is 11.5 Å². The SMILES string of the molecule is Cc1ccccc1S(=O)(=O)Cc1ccc(C(=O)NCCc2ccccc2)o1. The molecule has 0 aliphatic heterocycles. The summed E-state index contributed by atoms with van der Waals surface area (Å²) in [6.07, 6.45) is 0.710. The number of carbonyl (C=O) groups is 1. The highest BCUT2D eigenvalue weighted by Crippen LogP contribution is 2.21. The summed E-state index contributed by atoms with van der Waals surface area (Å²) in [6, 6.07) is 19.7. The highest BCUT2D eigenvalue weighted by atomic mass is 32.2. The highest BCUT2D eigenvalue weighted by Gasteiger charge is 2.20. The van der Waals surface area contributed by atoms with E-state index in [-0.39, 0.29) is 28.1 Å². The first-order valence-electron chi connectivity index (χ1n) is 8.65. The van der Waals surface area contributed by atoms with Gasteiger partial charge in [-0.3, -0.25) is 4.79 Å². The lowest BCUT2D eigenvalue weighted by Gasteiger charge is -2.06. The van der Waals surface area contributed by atoms with Crippen LogP contribution in [0, 0.1) is 6.92 Å². The Morgan fingerprint density at radius 3 is 2.41 bits per heavy atom. The van der Waals surface area contributed by atoms with Gasteiger partial charge in [0.05, 0.1) is 4.90 Å². The van der Waals surface area contributed by atoms with Gasteiger partial charge in [-0.15, -0.1) is 0 Å². The van der Waals surface area contributed by atoms with Crippen molar-refractivity contribution in [3.63, 3.8) is 0 Å². The van der Waals surface area contributed by atoms with E-state index in [0.29, 0.717) is 18.5 Å². The number of hydrogen-bond acceptors (Lipinski definition) is 4. The molecule has 0 atom stereocenters. The van der Waals surface area contributed by atoms with Crippen LogP contribution in [0.4, 0.5) is 0 Å². The second-order valence-corrected chi connectivity index (χ2v) is 8.24. The molecule has 3 rings (SSSR count). The summed E-state index contributed by atoms with van der Waals surface area (Å²) in [5, 5.41) is 2.78. The number of rotatable bonds is 7. The van der Waals surface area contributed by atoms with Crippen LogP contribution in [0.5, 0.6) is 0 Å². The van der Waals surface area contributed by atoms with E-state index in [1.165, 1.54) is 12.1 Å². The fourth-order valence-electron chi connectivity index (χ4n) is 2.80. The molecule has 0 aliphatic carbocycles. The zero-order valence-corrected chi connectivity index (χ0v) is 15.8. The predicted molar refractivity (Wildman–Crippen MR) is 103 cm³/mol. The first-order valence-corrected chi connectivity index (χ1v) is 10.3. The maximum Gasteiger partial charge on any atom is 0.287 e. The van der Waals surface area contributed by atoms with Gasteiger partial charge in [-0.25, -0.2) is 8.42 Å². The van der Waals surface area contributed by atoms with Crippen LogP contribution in [0.15, 0.2) is 76.0 Å². The molecule has 0 saturated carbocycles. The molecule has 1 aromatic heterocycles. The van der Waals surface area contributed by atoms with Gasteiger partial charge >= 0.3 is 0 Å². The van der Waals surface area contributed by atoms with E-state index in [1.54, 1.807) is 31.2 Å². The quantitative estimate of drug-likeness (QED) is 0.677. The molecule has 0 bridgehead atoms. The maximum absolute atomic E-state index is 12.6. The Labute approximate surface area is 159 Å². The molecule has 0 aliphatic rings. The van der Waals surface area contributed by atoms with Crippen molar-refractivity contribution in [3.8, 4) is 0 Å². The fraction of sp³-hybridized carbons (Fsp3) is 0.190. The molecule has 3 aromatic rings. The number of hydrogen-bond donors (Lipinski definition) is 1. The average Bonchev–Trinajstić information content (AvgIpc) is 3.10. The second kappa shape index (κ2) is 8.22. The summed E-state index contributed by atoms with van der Waals surface area (Å²) in [6.45, 7) is 2.22. The van der Waals surface area contributed by atoms with Crippen LogP contribution in [0.2, 0.25) is 0 Å². The Hall–Kier alpha value is -2.86. The number of furan rings is 1. The third-order valence-electron chi connectivity index (χ3n) is 4.19. The lowest BCUT2D eigenvalue weighted by Crippen LogP contribution is -2.25. The van der Waals surface area contributed by atoms with Crippen LogP contribution in [-0.2, 0) is 22.0 Å². The third kappa shape index (κ3) is 4.86. The normalized spacial score (nSPS) is 11.3. The summed E-state index contributed by atoms with van der Waals surface area (Å²) < 4.78 is 30.6. The van der Waals surface area contributed by atoms with E-state index in [1.807, 2.05) is 30.3 Å². The Balaban J connectivity index is 1.61. The zero-order valence-electron chi connectivity index (χ0n) is 15.0. The van der Waals surface area contributed by atoms with Crippen molar-refractivity contribution in [1.82, 2.24) is 5.32 Å². The topological polar surface area (TPSA) is 76.4 Å². The molecule has 0 unspecified atom stereocenters. The average molecular weight is 383 g/mol. The van der Waals surface area contributed by atoms with Gasteiger partial charge in [0, 0.05) is 6.54 Å². The molecule has 1 amide bonds. The zero-order chi connectivity index (χ0) is 19.3. The molecule has 0 spiro atoms. The largest absolute Gasteiger partial charge is 0.455 e. The van der Waals surface area contributed by atoms with Crippen LogP contribution in [0.3, 0.4) is 0 Å². The van der Waals surface area contributed by atoms with Crippen molar-refractivity contribution >= 4 is 15.7 Å². The van der Waals surface area contributed by atoms with Crippen molar-refractivity contribution < 1.29 is 17.6 Å². The Kier molecular flexibility index (Phi) is 5.76. The number of amides is 1. The minimum atomic E-state index is -3.53. The summed E-state index contributed by atoms with van der Waals surface area (Å²) in [4.78, 5) is 12.5.